The van der Waals surface area contributed by atoms with E-state index < -0.39 is 0 Å². The van der Waals surface area contributed by atoms with Crippen LogP contribution in [-0.2, 0) is 9.47 Å². The first kappa shape index (κ1) is 23.9. The van der Waals surface area contributed by atoms with Crippen molar-refractivity contribution < 1.29 is 9.47 Å². The maximum atomic E-state index is 6.49. The molecule has 0 amide bonds. The van der Waals surface area contributed by atoms with Crippen LogP contribution < -0.4 is 0 Å². The van der Waals surface area contributed by atoms with E-state index >= 15 is 0 Å². The Morgan fingerprint density at radius 1 is 0.542 bits per heavy atom. The predicted molar refractivity (Wildman–Crippen MR) is 107 cm³/mol. The van der Waals surface area contributed by atoms with Gasteiger partial charge in [-0.15, -0.1) is 0 Å². The van der Waals surface area contributed by atoms with Crippen LogP contribution in [0, 0.1) is 10.8 Å². The third-order valence-corrected chi connectivity index (χ3v) is 4.93. The van der Waals surface area contributed by atoms with Crippen LogP contribution in [0.3, 0.4) is 0 Å². The molecule has 0 saturated carbocycles. The van der Waals surface area contributed by atoms with Crippen molar-refractivity contribution in [1.29, 1.82) is 0 Å². The van der Waals surface area contributed by atoms with Gasteiger partial charge in [0.15, 0.2) is 0 Å². The zero-order valence-electron chi connectivity index (χ0n) is 18.8. The summed E-state index contributed by atoms with van der Waals surface area (Å²) in [6, 6.07) is 0. The highest BCUT2D eigenvalue weighted by Gasteiger charge is 2.34. The van der Waals surface area contributed by atoms with Crippen molar-refractivity contribution >= 4 is 0 Å². The van der Waals surface area contributed by atoms with Crippen LogP contribution in [0.25, 0.3) is 0 Å². The van der Waals surface area contributed by atoms with E-state index in [2.05, 4.69) is 83.1 Å². The summed E-state index contributed by atoms with van der Waals surface area (Å²) in [7, 11) is 0. The Labute approximate surface area is 153 Å². The van der Waals surface area contributed by atoms with Crippen molar-refractivity contribution in [2.24, 2.45) is 10.8 Å². The van der Waals surface area contributed by atoms with Gasteiger partial charge >= 0.3 is 0 Å². The number of rotatable bonds is 9. The van der Waals surface area contributed by atoms with Gasteiger partial charge in [0, 0.05) is 0 Å². The fourth-order valence-electron chi connectivity index (χ4n) is 3.24. The Hall–Kier alpha value is -0.0800. The molecule has 2 heteroatoms. The lowest BCUT2D eigenvalue weighted by Gasteiger charge is -2.41. The average molecular weight is 343 g/mol. The molecule has 0 aromatic heterocycles. The lowest BCUT2D eigenvalue weighted by molar-refractivity contribution is -0.146. The minimum Gasteiger partial charge on any atom is -0.372 e. The van der Waals surface area contributed by atoms with Crippen molar-refractivity contribution in [3.8, 4) is 0 Å². The Balaban J connectivity index is 4.78. The summed E-state index contributed by atoms with van der Waals surface area (Å²) < 4.78 is 13.0. The smallest absolute Gasteiger partial charge is 0.0631 e. The topological polar surface area (TPSA) is 18.5 Å². The van der Waals surface area contributed by atoms with Crippen molar-refractivity contribution in [3.63, 3.8) is 0 Å². The Morgan fingerprint density at radius 2 is 0.792 bits per heavy atom. The van der Waals surface area contributed by atoms with Gasteiger partial charge in [0.25, 0.3) is 0 Å². The first-order valence-electron chi connectivity index (χ1n) is 9.89. The quantitative estimate of drug-likeness (QED) is 0.449. The zero-order valence-corrected chi connectivity index (χ0v) is 18.8. The van der Waals surface area contributed by atoms with E-state index in [1.54, 1.807) is 0 Å². The monoisotopic (exact) mass is 342 g/mol. The van der Waals surface area contributed by atoms with Gasteiger partial charge < -0.3 is 9.47 Å². The van der Waals surface area contributed by atoms with Gasteiger partial charge in [-0.05, 0) is 64.2 Å². The van der Waals surface area contributed by atoms with Crippen molar-refractivity contribution in [1.82, 2.24) is 0 Å². The fourth-order valence-corrected chi connectivity index (χ4v) is 3.24. The van der Waals surface area contributed by atoms with Crippen molar-refractivity contribution in [2.75, 3.05) is 0 Å². The molecule has 0 aliphatic heterocycles. The second-order valence-electron chi connectivity index (χ2n) is 10.8. The van der Waals surface area contributed by atoms with E-state index in [-0.39, 0.29) is 34.2 Å². The van der Waals surface area contributed by atoms with Crippen molar-refractivity contribution in [3.05, 3.63) is 0 Å². The predicted octanol–water partition coefficient (Wildman–Crippen LogP) is 7.01. The van der Waals surface area contributed by atoms with Crippen LogP contribution in [0.1, 0.15) is 109 Å². The second-order valence-corrected chi connectivity index (χ2v) is 10.8. The normalized spacial score (nSPS) is 17.0. The molecule has 2 nitrogen and oxygen atoms in total. The van der Waals surface area contributed by atoms with Gasteiger partial charge in [0.2, 0.25) is 0 Å². The molecule has 24 heavy (non-hydrogen) atoms. The van der Waals surface area contributed by atoms with Gasteiger partial charge in [0.1, 0.15) is 0 Å². The highest BCUT2D eigenvalue weighted by molar-refractivity contribution is 4.83. The minimum atomic E-state index is -0.127. The van der Waals surface area contributed by atoms with Crippen LogP contribution >= 0.6 is 0 Å². The summed E-state index contributed by atoms with van der Waals surface area (Å²) in [4.78, 5) is 0. The first-order valence-corrected chi connectivity index (χ1v) is 9.89. The lowest BCUT2D eigenvalue weighted by Crippen LogP contribution is -2.41. The molecule has 0 N–H and O–H groups in total. The third-order valence-electron chi connectivity index (χ3n) is 4.93. The summed E-state index contributed by atoms with van der Waals surface area (Å²) in [5.74, 6) is 0. The molecule has 0 heterocycles. The molecule has 0 aromatic carbocycles. The molecule has 2 atom stereocenters. The molecule has 0 rings (SSSR count). The molecule has 0 aromatic rings. The average Bonchev–Trinajstić information content (AvgIpc) is 2.38. The summed E-state index contributed by atoms with van der Waals surface area (Å²) >= 11 is 0. The van der Waals surface area contributed by atoms with Crippen LogP contribution in [0.4, 0.5) is 0 Å². The highest BCUT2D eigenvalue weighted by atomic mass is 16.5. The molecule has 0 bridgehead atoms. The maximum absolute atomic E-state index is 6.49. The summed E-state index contributed by atoms with van der Waals surface area (Å²) in [5.41, 5.74) is 0.102. The largest absolute Gasteiger partial charge is 0.372 e. The molecular formula is C22H46O2. The van der Waals surface area contributed by atoms with Gasteiger partial charge in [0.05, 0.1) is 23.4 Å². The van der Waals surface area contributed by atoms with E-state index in [9.17, 15) is 0 Å². The van der Waals surface area contributed by atoms with Crippen LogP contribution in [-0.4, -0.2) is 23.4 Å². The van der Waals surface area contributed by atoms with E-state index in [0.29, 0.717) is 0 Å². The second kappa shape index (κ2) is 8.54. The molecule has 146 valence electrons. The molecular weight excluding hydrogens is 296 g/mol. The van der Waals surface area contributed by atoms with Crippen LogP contribution in [0.15, 0.2) is 0 Å². The molecule has 0 aliphatic rings. The summed E-state index contributed by atoms with van der Waals surface area (Å²) in [5, 5.41) is 0. The third kappa shape index (κ3) is 8.85. The van der Waals surface area contributed by atoms with E-state index in [0.717, 1.165) is 25.7 Å². The molecule has 0 saturated heterocycles. The van der Waals surface area contributed by atoms with E-state index in [4.69, 9.17) is 9.47 Å². The molecule has 0 fully saturated rings. The standard InChI is InChI=1S/C22H46O2/c1-13-17(19(3,4)5)23-21(9,10)15-16-22(11,12)24-18(14-2)20(6,7)8/h17-18H,13-16H2,1-12H3. The lowest BCUT2D eigenvalue weighted by atomic mass is 9.85. The molecule has 0 spiro atoms. The Morgan fingerprint density at radius 3 is 0.958 bits per heavy atom. The zero-order chi connectivity index (χ0) is 19.4. The SMILES string of the molecule is CCC(OC(C)(C)CCC(C)(C)OC(CC)C(C)(C)C)C(C)(C)C. The van der Waals surface area contributed by atoms with E-state index in [1.807, 2.05) is 0 Å². The number of hydrogen-bond acceptors (Lipinski definition) is 2. The van der Waals surface area contributed by atoms with Crippen molar-refractivity contribution in [2.45, 2.75) is 132 Å². The van der Waals surface area contributed by atoms with E-state index in [1.165, 1.54) is 0 Å². The highest BCUT2D eigenvalue weighted by Crippen LogP contribution is 2.35. The Bertz CT molecular complexity index is 319. The van der Waals surface area contributed by atoms with Gasteiger partial charge in [-0.1, -0.05) is 55.4 Å². The number of hydrogen-bond donors (Lipinski definition) is 0. The summed E-state index contributed by atoms with van der Waals surface area (Å²) in [6.07, 6.45) is 4.69. The Kier molecular flexibility index (Phi) is 8.51. The molecule has 0 aliphatic carbocycles. The van der Waals surface area contributed by atoms with Gasteiger partial charge in [-0.3, -0.25) is 0 Å². The fraction of sp³-hybridized carbons (Fsp3) is 1.00. The van der Waals surface area contributed by atoms with Gasteiger partial charge in [-0.2, -0.15) is 0 Å². The molecule has 2 unspecified atom stereocenters. The van der Waals surface area contributed by atoms with Crippen LogP contribution in [0.2, 0.25) is 0 Å². The maximum Gasteiger partial charge on any atom is 0.0631 e. The van der Waals surface area contributed by atoms with Gasteiger partial charge in [-0.25, -0.2) is 0 Å². The van der Waals surface area contributed by atoms with Crippen LogP contribution in [0.5, 0.6) is 0 Å². The minimum absolute atomic E-state index is 0.127. The summed E-state index contributed by atoms with van der Waals surface area (Å²) in [6.45, 7) is 26.9. The molecule has 0 radical (unpaired) electrons. The first-order chi connectivity index (χ1) is 10.5. The number of ether oxygens (including phenoxy) is 2.